The summed E-state index contributed by atoms with van der Waals surface area (Å²) in [6.45, 7) is 3.43. The second-order valence-corrected chi connectivity index (χ2v) is 9.85. The number of rotatable bonds is 4. The molecule has 37 heavy (non-hydrogen) atoms. The van der Waals surface area contributed by atoms with Crippen LogP contribution >= 0.6 is 0 Å². The summed E-state index contributed by atoms with van der Waals surface area (Å²) < 4.78 is 22.3. The number of hydrogen-bond acceptors (Lipinski definition) is 7. The second-order valence-electron chi connectivity index (χ2n) is 9.85. The molecule has 3 atom stereocenters. The number of carbonyl (C=O) groups is 1. The van der Waals surface area contributed by atoms with E-state index >= 15 is 0 Å². The lowest BCUT2D eigenvalue weighted by Gasteiger charge is -2.47. The quantitative estimate of drug-likeness (QED) is 0.526. The minimum absolute atomic E-state index is 0.119. The van der Waals surface area contributed by atoms with Crippen molar-refractivity contribution in [3.8, 4) is 23.0 Å². The van der Waals surface area contributed by atoms with E-state index in [-0.39, 0.29) is 32.1 Å². The standard InChI is InChI=1S/C21H19NO6.C9H12/c23-4-3-22-8-14-12(1-2-16-21(14)28-10-25-16)19-15(24)5-11-6-17-18(27-9-26-17)7-13(11)20(19)22;1-2-6-9-7-4-3-5-8-9/h1-2,4,6-7,15,19-20,24H,3,5,8-10H2;3-5,7-8H,2,6H2,1H3/t15-,19-,20+;/m0./s1. The number of nitrogens with zero attached hydrogens (tertiary/aromatic N) is 1. The summed E-state index contributed by atoms with van der Waals surface area (Å²) in [6, 6.07) is 18.4. The molecule has 1 aliphatic carbocycles. The highest BCUT2D eigenvalue weighted by atomic mass is 16.7. The Balaban J connectivity index is 0.000000239. The molecule has 7 nitrogen and oxygen atoms in total. The summed E-state index contributed by atoms with van der Waals surface area (Å²) in [6.07, 6.45) is 3.31. The summed E-state index contributed by atoms with van der Waals surface area (Å²) in [5.74, 6) is 2.72. The first-order chi connectivity index (χ1) is 18.2. The number of aliphatic hydroxyl groups excluding tert-OH is 1. The lowest BCUT2D eigenvalue weighted by molar-refractivity contribution is -0.110. The molecule has 7 heteroatoms. The third kappa shape index (κ3) is 4.32. The maximum Gasteiger partial charge on any atom is 0.231 e. The molecule has 1 N–H and O–H groups in total. The van der Waals surface area contributed by atoms with E-state index in [1.54, 1.807) is 0 Å². The van der Waals surface area contributed by atoms with Crippen molar-refractivity contribution in [2.45, 2.75) is 50.8 Å². The van der Waals surface area contributed by atoms with Crippen molar-refractivity contribution < 1.29 is 28.8 Å². The van der Waals surface area contributed by atoms with Crippen LogP contribution in [0.5, 0.6) is 23.0 Å². The zero-order valence-corrected chi connectivity index (χ0v) is 20.9. The van der Waals surface area contributed by atoms with Crippen LogP contribution in [0.3, 0.4) is 0 Å². The summed E-state index contributed by atoms with van der Waals surface area (Å²) in [7, 11) is 0. The molecule has 0 aromatic heterocycles. The van der Waals surface area contributed by atoms with E-state index in [0.717, 1.165) is 45.8 Å². The van der Waals surface area contributed by atoms with Crippen LogP contribution < -0.4 is 18.9 Å². The van der Waals surface area contributed by atoms with Gasteiger partial charge in [-0.2, -0.15) is 0 Å². The second kappa shape index (κ2) is 10.1. The minimum Gasteiger partial charge on any atom is -0.454 e. The molecule has 0 amide bonds. The fraction of sp³-hybridized carbons (Fsp3) is 0.367. The van der Waals surface area contributed by atoms with E-state index in [4.69, 9.17) is 18.9 Å². The number of benzene rings is 3. The highest BCUT2D eigenvalue weighted by Gasteiger charge is 2.46. The molecule has 3 heterocycles. The topological polar surface area (TPSA) is 77.5 Å². The Morgan fingerprint density at radius 3 is 2.49 bits per heavy atom. The predicted octanol–water partition coefficient (Wildman–Crippen LogP) is 4.54. The van der Waals surface area contributed by atoms with Gasteiger partial charge in [0.2, 0.25) is 13.6 Å². The van der Waals surface area contributed by atoms with Gasteiger partial charge in [-0.1, -0.05) is 49.7 Å². The number of ether oxygens (including phenoxy) is 4. The van der Waals surface area contributed by atoms with Crippen molar-refractivity contribution in [2.24, 2.45) is 0 Å². The van der Waals surface area contributed by atoms with E-state index < -0.39 is 6.10 Å². The Morgan fingerprint density at radius 1 is 0.946 bits per heavy atom. The molecular weight excluding hydrogens is 470 g/mol. The van der Waals surface area contributed by atoms with Crippen molar-refractivity contribution in [2.75, 3.05) is 20.1 Å². The molecule has 7 rings (SSSR count). The van der Waals surface area contributed by atoms with Crippen molar-refractivity contribution in [1.82, 2.24) is 4.90 Å². The van der Waals surface area contributed by atoms with E-state index in [2.05, 4.69) is 42.2 Å². The number of carbonyl (C=O) groups excluding carboxylic acids is 1. The Hall–Kier alpha value is -3.55. The highest BCUT2D eigenvalue weighted by molar-refractivity contribution is 5.59. The molecule has 0 bridgehead atoms. The Labute approximate surface area is 216 Å². The van der Waals surface area contributed by atoms with Gasteiger partial charge in [0.05, 0.1) is 12.6 Å². The van der Waals surface area contributed by atoms with Crippen LogP contribution in [0.15, 0.2) is 54.6 Å². The zero-order chi connectivity index (χ0) is 25.4. The van der Waals surface area contributed by atoms with Crippen molar-refractivity contribution in [3.05, 3.63) is 82.4 Å². The van der Waals surface area contributed by atoms with E-state index in [1.165, 1.54) is 18.4 Å². The van der Waals surface area contributed by atoms with Crippen LogP contribution in [0.25, 0.3) is 0 Å². The smallest absolute Gasteiger partial charge is 0.231 e. The van der Waals surface area contributed by atoms with Gasteiger partial charge < -0.3 is 28.8 Å². The molecule has 4 aliphatic rings. The van der Waals surface area contributed by atoms with Gasteiger partial charge in [-0.05, 0) is 53.3 Å². The summed E-state index contributed by atoms with van der Waals surface area (Å²) >= 11 is 0. The molecular formula is C30H31NO6. The fourth-order valence-electron chi connectivity index (χ4n) is 6.04. The average molecular weight is 502 g/mol. The monoisotopic (exact) mass is 501 g/mol. The van der Waals surface area contributed by atoms with Gasteiger partial charge in [0.25, 0.3) is 0 Å². The van der Waals surface area contributed by atoms with Crippen LogP contribution in [-0.4, -0.2) is 42.5 Å². The van der Waals surface area contributed by atoms with Gasteiger partial charge in [0.15, 0.2) is 23.0 Å². The molecule has 0 fully saturated rings. The highest BCUT2D eigenvalue weighted by Crippen LogP contribution is 2.54. The van der Waals surface area contributed by atoms with Crippen molar-refractivity contribution in [1.29, 1.82) is 0 Å². The van der Waals surface area contributed by atoms with E-state index in [0.29, 0.717) is 18.7 Å². The largest absolute Gasteiger partial charge is 0.454 e. The minimum atomic E-state index is -0.577. The van der Waals surface area contributed by atoms with Crippen LogP contribution in [-0.2, 0) is 24.2 Å². The molecule has 192 valence electrons. The first-order valence-electron chi connectivity index (χ1n) is 12.9. The van der Waals surface area contributed by atoms with Gasteiger partial charge in [-0.25, -0.2) is 0 Å². The van der Waals surface area contributed by atoms with Gasteiger partial charge in [-0.15, -0.1) is 0 Å². The van der Waals surface area contributed by atoms with Gasteiger partial charge in [0.1, 0.15) is 6.29 Å². The Kier molecular flexibility index (Phi) is 6.49. The Bertz CT molecular complexity index is 1290. The maximum absolute atomic E-state index is 11.5. The molecule has 3 aliphatic heterocycles. The third-order valence-corrected chi connectivity index (χ3v) is 7.62. The fourth-order valence-corrected chi connectivity index (χ4v) is 6.04. The number of aldehydes is 1. The van der Waals surface area contributed by atoms with E-state index in [9.17, 15) is 9.90 Å². The lowest BCUT2D eigenvalue weighted by atomic mass is 9.70. The van der Waals surface area contributed by atoms with Gasteiger partial charge in [0, 0.05) is 24.1 Å². The molecule has 0 spiro atoms. The van der Waals surface area contributed by atoms with Gasteiger partial charge >= 0.3 is 0 Å². The average Bonchev–Trinajstić information content (AvgIpc) is 3.58. The lowest BCUT2D eigenvalue weighted by Crippen LogP contribution is -2.45. The van der Waals surface area contributed by atoms with Crippen molar-refractivity contribution >= 4 is 6.29 Å². The number of aliphatic hydroxyl groups is 1. The number of hydrogen-bond donors (Lipinski definition) is 1. The van der Waals surface area contributed by atoms with Crippen LogP contribution in [0.1, 0.15) is 53.1 Å². The van der Waals surface area contributed by atoms with E-state index in [1.807, 2.05) is 24.3 Å². The number of fused-ring (bicyclic) bond motifs is 8. The summed E-state index contributed by atoms with van der Waals surface area (Å²) in [5.41, 5.74) is 5.64. The van der Waals surface area contributed by atoms with Crippen molar-refractivity contribution in [3.63, 3.8) is 0 Å². The maximum atomic E-state index is 11.5. The zero-order valence-electron chi connectivity index (χ0n) is 20.9. The van der Waals surface area contributed by atoms with Crippen LogP contribution in [0.2, 0.25) is 0 Å². The first-order valence-corrected chi connectivity index (χ1v) is 12.9. The molecule has 0 radical (unpaired) electrons. The predicted molar refractivity (Wildman–Crippen MR) is 137 cm³/mol. The SMILES string of the molecule is CCCc1ccccc1.O=CCN1Cc2c(ccc3c2OCO3)[C@@H]2[C@H]1c1cc3c(cc1C[C@@H]2O)OCO3. The summed E-state index contributed by atoms with van der Waals surface area (Å²) in [5, 5.41) is 11.1. The van der Waals surface area contributed by atoms with Crippen LogP contribution in [0, 0.1) is 0 Å². The molecule has 0 saturated carbocycles. The number of aryl methyl sites for hydroxylation is 1. The summed E-state index contributed by atoms with van der Waals surface area (Å²) in [4.78, 5) is 13.6. The van der Waals surface area contributed by atoms with Crippen LogP contribution in [0.4, 0.5) is 0 Å². The molecule has 3 aromatic carbocycles. The molecule has 3 aromatic rings. The molecule has 0 unspecified atom stereocenters. The Morgan fingerprint density at radius 2 is 1.70 bits per heavy atom. The molecule has 0 saturated heterocycles. The first kappa shape index (κ1) is 23.8. The normalized spacial score (nSPS) is 22.3. The third-order valence-electron chi connectivity index (χ3n) is 7.62. The van der Waals surface area contributed by atoms with Gasteiger partial charge in [-0.3, -0.25) is 4.90 Å².